The first-order chi connectivity index (χ1) is 6.84. The molecule has 3 nitrogen and oxygen atoms in total. The zero-order chi connectivity index (χ0) is 9.80. The number of piperazine rings is 1. The average Bonchev–Trinajstić information content (AvgIpc) is 2.23. The van der Waals surface area contributed by atoms with Crippen LogP contribution >= 0.6 is 0 Å². The van der Waals surface area contributed by atoms with Crippen LogP contribution in [0.1, 0.15) is 11.3 Å². The normalized spacial score (nSPS) is 18.4. The zero-order valence-electron chi connectivity index (χ0n) is 8.66. The molecule has 2 heterocycles. The quantitative estimate of drug-likeness (QED) is 0.749. The standard InChI is InChI=1S/C11H17N3/c1-10-2-3-11(8-13-10)9-14-6-4-12-5-7-14/h2-3,8,12H,4-7,9H2,1H3. The smallest absolute Gasteiger partial charge is 0.0372 e. The Morgan fingerprint density at radius 1 is 1.36 bits per heavy atom. The van der Waals surface area contributed by atoms with Crippen LogP contribution in [0.5, 0.6) is 0 Å². The summed E-state index contributed by atoms with van der Waals surface area (Å²) < 4.78 is 0. The summed E-state index contributed by atoms with van der Waals surface area (Å²) in [7, 11) is 0. The molecule has 1 aromatic heterocycles. The molecule has 0 spiro atoms. The van der Waals surface area contributed by atoms with Gasteiger partial charge in [0, 0.05) is 44.6 Å². The largest absolute Gasteiger partial charge is 0.314 e. The summed E-state index contributed by atoms with van der Waals surface area (Å²) in [5, 5.41) is 3.35. The molecule has 0 aromatic carbocycles. The molecular weight excluding hydrogens is 174 g/mol. The van der Waals surface area contributed by atoms with Gasteiger partial charge in [-0.2, -0.15) is 0 Å². The van der Waals surface area contributed by atoms with Gasteiger partial charge < -0.3 is 5.32 Å². The van der Waals surface area contributed by atoms with Crippen molar-refractivity contribution in [2.24, 2.45) is 0 Å². The van der Waals surface area contributed by atoms with Crippen molar-refractivity contribution in [3.05, 3.63) is 29.6 Å². The lowest BCUT2D eigenvalue weighted by Crippen LogP contribution is -2.42. The Balaban J connectivity index is 1.92. The first-order valence-electron chi connectivity index (χ1n) is 5.19. The third-order valence-electron chi connectivity index (χ3n) is 2.59. The molecule has 1 N–H and O–H groups in total. The van der Waals surface area contributed by atoms with E-state index in [0.717, 1.165) is 38.4 Å². The van der Waals surface area contributed by atoms with E-state index in [4.69, 9.17) is 0 Å². The van der Waals surface area contributed by atoms with Crippen LogP contribution in [-0.4, -0.2) is 36.1 Å². The third kappa shape index (κ3) is 2.53. The monoisotopic (exact) mass is 191 g/mol. The van der Waals surface area contributed by atoms with Crippen LogP contribution in [-0.2, 0) is 6.54 Å². The van der Waals surface area contributed by atoms with Crippen molar-refractivity contribution >= 4 is 0 Å². The average molecular weight is 191 g/mol. The molecule has 1 aliphatic rings. The van der Waals surface area contributed by atoms with E-state index in [9.17, 15) is 0 Å². The molecule has 0 radical (unpaired) electrons. The van der Waals surface area contributed by atoms with Gasteiger partial charge in [0.2, 0.25) is 0 Å². The van der Waals surface area contributed by atoms with E-state index in [1.54, 1.807) is 0 Å². The first-order valence-corrected chi connectivity index (χ1v) is 5.19. The molecule has 3 heteroatoms. The van der Waals surface area contributed by atoms with Gasteiger partial charge in [0.25, 0.3) is 0 Å². The lowest BCUT2D eigenvalue weighted by atomic mass is 10.2. The fourth-order valence-electron chi connectivity index (χ4n) is 1.72. The van der Waals surface area contributed by atoms with E-state index in [0.29, 0.717) is 0 Å². The van der Waals surface area contributed by atoms with Crippen LogP contribution in [0.25, 0.3) is 0 Å². The molecule has 1 aliphatic heterocycles. The highest BCUT2D eigenvalue weighted by Crippen LogP contribution is 2.04. The maximum absolute atomic E-state index is 4.30. The number of pyridine rings is 1. The van der Waals surface area contributed by atoms with Gasteiger partial charge in [0.1, 0.15) is 0 Å². The number of nitrogens with zero attached hydrogens (tertiary/aromatic N) is 2. The summed E-state index contributed by atoms with van der Waals surface area (Å²) in [6.45, 7) is 7.57. The summed E-state index contributed by atoms with van der Waals surface area (Å²) >= 11 is 0. The summed E-state index contributed by atoms with van der Waals surface area (Å²) in [5.41, 5.74) is 2.41. The first kappa shape index (κ1) is 9.62. The predicted molar refractivity (Wildman–Crippen MR) is 57.1 cm³/mol. The Morgan fingerprint density at radius 3 is 2.79 bits per heavy atom. The van der Waals surface area contributed by atoms with Gasteiger partial charge in [-0.1, -0.05) is 6.07 Å². The molecule has 14 heavy (non-hydrogen) atoms. The van der Waals surface area contributed by atoms with E-state index in [-0.39, 0.29) is 0 Å². The molecule has 1 aromatic rings. The second-order valence-corrected chi connectivity index (χ2v) is 3.83. The van der Waals surface area contributed by atoms with E-state index < -0.39 is 0 Å². The van der Waals surface area contributed by atoms with E-state index in [1.165, 1.54) is 5.56 Å². The minimum Gasteiger partial charge on any atom is -0.314 e. The van der Waals surface area contributed by atoms with Gasteiger partial charge in [-0.05, 0) is 18.6 Å². The molecule has 1 fully saturated rings. The number of rotatable bonds is 2. The van der Waals surface area contributed by atoms with E-state index in [2.05, 4.69) is 27.3 Å². The molecule has 1 saturated heterocycles. The maximum Gasteiger partial charge on any atom is 0.0372 e. The molecule has 76 valence electrons. The number of aryl methyl sites for hydroxylation is 1. The van der Waals surface area contributed by atoms with Gasteiger partial charge in [-0.25, -0.2) is 0 Å². The fourth-order valence-corrected chi connectivity index (χ4v) is 1.72. The highest BCUT2D eigenvalue weighted by molar-refractivity contribution is 5.13. The van der Waals surface area contributed by atoms with E-state index in [1.807, 2.05) is 13.1 Å². The summed E-state index contributed by atoms with van der Waals surface area (Å²) in [6.07, 6.45) is 1.98. The van der Waals surface area contributed by atoms with Crippen LogP contribution in [0, 0.1) is 6.92 Å². The molecule has 0 saturated carbocycles. The van der Waals surface area contributed by atoms with Crippen LogP contribution in [0.3, 0.4) is 0 Å². The van der Waals surface area contributed by atoms with Crippen molar-refractivity contribution in [2.45, 2.75) is 13.5 Å². The Bertz CT molecular complexity index is 275. The summed E-state index contributed by atoms with van der Waals surface area (Å²) in [5.74, 6) is 0. The highest BCUT2D eigenvalue weighted by Gasteiger charge is 2.09. The van der Waals surface area contributed by atoms with Crippen LogP contribution in [0.2, 0.25) is 0 Å². The van der Waals surface area contributed by atoms with Gasteiger partial charge >= 0.3 is 0 Å². The fraction of sp³-hybridized carbons (Fsp3) is 0.545. The minimum atomic E-state index is 1.04. The summed E-state index contributed by atoms with van der Waals surface area (Å²) in [6, 6.07) is 4.25. The topological polar surface area (TPSA) is 28.2 Å². The van der Waals surface area contributed by atoms with Crippen molar-refractivity contribution < 1.29 is 0 Å². The number of aromatic nitrogens is 1. The molecule has 2 rings (SSSR count). The Morgan fingerprint density at radius 2 is 2.14 bits per heavy atom. The van der Waals surface area contributed by atoms with E-state index >= 15 is 0 Å². The van der Waals surface area contributed by atoms with Crippen molar-refractivity contribution in [3.8, 4) is 0 Å². The Hall–Kier alpha value is -0.930. The van der Waals surface area contributed by atoms with Gasteiger partial charge in [-0.15, -0.1) is 0 Å². The van der Waals surface area contributed by atoms with Crippen molar-refractivity contribution in [1.82, 2.24) is 15.2 Å². The predicted octanol–water partition coefficient (Wildman–Crippen LogP) is 0.795. The lowest BCUT2D eigenvalue weighted by Gasteiger charge is -2.26. The van der Waals surface area contributed by atoms with Crippen LogP contribution < -0.4 is 5.32 Å². The SMILES string of the molecule is Cc1ccc(CN2CCNCC2)cn1. The molecule has 0 unspecified atom stereocenters. The van der Waals surface area contributed by atoms with Crippen molar-refractivity contribution in [1.29, 1.82) is 0 Å². The zero-order valence-corrected chi connectivity index (χ0v) is 8.66. The lowest BCUT2D eigenvalue weighted by molar-refractivity contribution is 0.233. The second kappa shape index (κ2) is 4.53. The maximum atomic E-state index is 4.30. The highest BCUT2D eigenvalue weighted by atomic mass is 15.2. The minimum absolute atomic E-state index is 1.04. The van der Waals surface area contributed by atoms with Gasteiger partial charge in [0.15, 0.2) is 0 Å². The number of hydrogen-bond donors (Lipinski definition) is 1. The molecule has 0 atom stereocenters. The number of hydrogen-bond acceptors (Lipinski definition) is 3. The van der Waals surface area contributed by atoms with Crippen molar-refractivity contribution in [3.63, 3.8) is 0 Å². The molecule has 0 aliphatic carbocycles. The van der Waals surface area contributed by atoms with Gasteiger partial charge in [-0.3, -0.25) is 9.88 Å². The summed E-state index contributed by atoms with van der Waals surface area (Å²) in [4.78, 5) is 6.76. The molecule has 0 bridgehead atoms. The Kier molecular flexibility index (Phi) is 3.11. The molecular formula is C11H17N3. The molecule has 0 amide bonds. The Labute approximate surface area is 85.1 Å². The van der Waals surface area contributed by atoms with Crippen LogP contribution in [0.4, 0.5) is 0 Å². The van der Waals surface area contributed by atoms with Crippen molar-refractivity contribution in [2.75, 3.05) is 26.2 Å². The van der Waals surface area contributed by atoms with Crippen LogP contribution in [0.15, 0.2) is 18.3 Å². The third-order valence-corrected chi connectivity index (χ3v) is 2.59. The second-order valence-electron chi connectivity index (χ2n) is 3.83. The number of nitrogens with one attached hydrogen (secondary N) is 1. The van der Waals surface area contributed by atoms with Gasteiger partial charge in [0.05, 0.1) is 0 Å².